The first-order valence-corrected chi connectivity index (χ1v) is 9.93. The molecule has 0 aliphatic carbocycles. The summed E-state index contributed by atoms with van der Waals surface area (Å²) in [5.74, 6) is 0.481. The van der Waals surface area contributed by atoms with Gasteiger partial charge in [0.05, 0.1) is 0 Å². The van der Waals surface area contributed by atoms with Gasteiger partial charge in [-0.2, -0.15) is 17.0 Å². The Hall–Kier alpha value is -0.170. The monoisotopic (exact) mass is 317 g/mol. The number of rotatable bonds is 6. The van der Waals surface area contributed by atoms with Crippen molar-refractivity contribution in [3.8, 4) is 0 Å². The summed E-state index contributed by atoms with van der Waals surface area (Å²) in [6.45, 7) is 8.11. The number of piperidine rings is 2. The van der Waals surface area contributed by atoms with E-state index in [0.717, 1.165) is 51.6 Å². The zero-order chi connectivity index (χ0) is 15.3. The molecule has 2 heterocycles. The Morgan fingerprint density at radius 3 is 2.67 bits per heavy atom. The highest BCUT2D eigenvalue weighted by atomic mass is 32.2. The van der Waals surface area contributed by atoms with Crippen molar-refractivity contribution < 1.29 is 8.42 Å². The van der Waals surface area contributed by atoms with E-state index in [-0.39, 0.29) is 6.04 Å². The SMILES string of the molecule is CCCNCC1CCCCN1S(=O)(=O)N1CCCC(C)C1. The molecule has 0 saturated carbocycles. The second-order valence-electron chi connectivity index (χ2n) is 6.58. The Kier molecular flexibility index (Phi) is 6.47. The number of nitrogens with one attached hydrogen (secondary N) is 1. The van der Waals surface area contributed by atoms with Gasteiger partial charge in [0.25, 0.3) is 10.2 Å². The van der Waals surface area contributed by atoms with E-state index in [2.05, 4.69) is 19.2 Å². The second-order valence-corrected chi connectivity index (χ2v) is 8.46. The molecular formula is C15H31N3O2S. The van der Waals surface area contributed by atoms with Crippen LogP contribution in [0.4, 0.5) is 0 Å². The lowest BCUT2D eigenvalue weighted by molar-refractivity contribution is 0.207. The minimum atomic E-state index is -3.28. The topological polar surface area (TPSA) is 52.7 Å². The molecule has 2 aliphatic rings. The molecule has 21 heavy (non-hydrogen) atoms. The molecule has 6 heteroatoms. The fourth-order valence-electron chi connectivity index (χ4n) is 3.43. The van der Waals surface area contributed by atoms with Crippen molar-refractivity contribution in [2.24, 2.45) is 5.92 Å². The number of hydrogen-bond acceptors (Lipinski definition) is 3. The number of hydrogen-bond donors (Lipinski definition) is 1. The fourth-order valence-corrected chi connectivity index (χ4v) is 5.45. The van der Waals surface area contributed by atoms with Gasteiger partial charge in [0.15, 0.2) is 0 Å². The van der Waals surface area contributed by atoms with Crippen LogP contribution in [0.2, 0.25) is 0 Å². The molecule has 0 radical (unpaired) electrons. The van der Waals surface area contributed by atoms with Crippen LogP contribution in [0.3, 0.4) is 0 Å². The molecule has 2 rings (SSSR count). The van der Waals surface area contributed by atoms with Crippen LogP contribution in [0.1, 0.15) is 52.4 Å². The van der Waals surface area contributed by atoms with Crippen LogP contribution in [0.25, 0.3) is 0 Å². The second kappa shape index (κ2) is 7.90. The van der Waals surface area contributed by atoms with E-state index < -0.39 is 10.2 Å². The molecule has 2 aliphatic heterocycles. The van der Waals surface area contributed by atoms with E-state index >= 15 is 0 Å². The first kappa shape index (κ1) is 17.2. The van der Waals surface area contributed by atoms with Gasteiger partial charge in [0, 0.05) is 32.2 Å². The Morgan fingerprint density at radius 2 is 1.95 bits per heavy atom. The molecule has 0 amide bonds. The Balaban J connectivity index is 2.04. The lowest BCUT2D eigenvalue weighted by atomic mass is 10.0. The molecule has 124 valence electrons. The maximum Gasteiger partial charge on any atom is 0.282 e. The van der Waals surface area contributed by atoms with E-state index in [0.29, 0.717) is 25.6 Å². The minimum Gasteiger partial charge on any atom is -0.315 e. The van der Waals surface area contributed by atoms with Crippen molar-refractivity contribution in [3.05, 3.63) is 0 Å². The maximum atomic E-state index is 13.0. The van der Waals surface area contributed by atoms with Crippen LogP contribution in [0, 0.1) is 5.92 Å². The quantitative estimate of drug-likeness (QED) is 0.760. The fraction of sp³-hybridized carbons (Fsp3) is 1.00. The van der Waals surface area contributed by atoms with Crippen molar-refractivity contribution in [3.63, 3.8) is 0 Å². The molecule has 2 unspecified atom stereocenters. The van der Waals surface area contributed by atoms with E-state index in [1.54, 1.807) is 8.61 Å². The Bertz CT molecular complexity index is 413. The van der Waals surface area contributed by atoms with Gasteiger partial charge in [-0.15, -0.1) is 0 Å². The van der Waals surface area contributed by atoms with Crippen LogP contribution in [-0.2, 0) is 10.2 Å². The summed E-state index contributed by atoms with van der Waals surface area (Å²) in [5, 5.41) is 3.39. The largest absolute Gasteiger partial charge is 0.315 e. The van der Waals surface area contributed by atoms with E-state index in [1.807, 2.05) is 0 Å². The van der Waals surface area contributed by atoms with Crippen LogP contribution < -0.4 is 5.32 Å². The molecule has 0 spiro atoms. The molecule has 0 aromatic carbocycles. The standard InChI is InChI=1S/C15H31N3O2S/c1-3-9-16-12-15-8-4-5-11-18(15)21(19,20)17-10-6-7-14(2)13-17/h14-16H,3-13H2,1-2H3. The van der Waals surface area contributed by atoms with Gasteiger partial charge in [-0.25, -0.2) is 0 Å². The molecule has 5 nitrogen and oxygen atoms in total. The lowest BCUT2D eigenvalue weighted by Gasteiger charge is -2.40. The highest BCUT2D eigenvalue weighted by Crippen LogP contribution is 2.26. The van der Waals surface area contributed by atoms with Crippen molar-refractivity contribution >= 4 is 10.2 Å². The average Bonchev–Trinajstić information content (AvgIpc) is 2.48. The summed E-state index contributed by atoms with van der Waals surface area (Å²) in [7, 11) is -3.28. The number of nitrogens with zero attached hydrogens (tertiary/aromatic N) is 2. The molecule has 0 bridgehead atoms. The van der Waals surface area contributed by atoms with Gasteiger partial charge in [-0.1, -0.05) is 20.3 Å². The van der Waals surface area contributed by atoms with Crippen molar-refractivity contribution in [1.29, 1.82) is 0 Å². The third-order valence-corrected chi connectivity index (χ3v) is 6.68. The predicted molar refractivity (Wildman–Crippen MR) is 86.4 cm³/mol. The first-order valence-electron chi connectivity index (χ1n) is 8.53. The average molecular weight is 317 g/mol. The molecular weight excluding hydrogens is 286 g/mol. The van der Waals surface area contributed by atoms with Gasteiger partial charge in [0.2, 0.25) is 0 Å². The smallest absolute Gasteiger partial charge is 0.282 e. The maximum absolute atomic E-state index is 13.0. The zero-order valence-corrected chi connectivity index (χ0v) is 14.4. The van der Waals surface area contributed by atoms with Crippen molar-refractivity contribution in [2.45, 2.75) is 58.4 Å². The molecule has 1 N–H and O–H groups in total. The molecule has 2 saturated heterocycles. The first-order chi connectivity index (χ1) is 10.1. The lowest BCUT2D eigenvalue weighted by Crippen LogP contribution is -2.55. The summed E-state index contributed by atoms with van der Waals surface area (Å²) in [4.78, 5) is 0. The summed E-state index contributed by atoms with van der Waals surface area (Å²) in [5.41, 5.74) is 0. The summed E-state index contributed by atoms with van der Waals surface area (Å²) >= 11 is 0. The molecule has 0 aromatic heterocycles. The minimum absolute atomic E-state index is 0.132. The highest BCUT2D eigenvalue weighted by Gasteiger charge is 2.37. The molecule has 2 fully saturated rings. The highest BCUT2D eigenvalue weighted by molar-refractivity contribution is 7.86. The van der Waals surface area contributed by atoms with Crippen LogP contribution in [0.15, 0.2) is 0 Å². The molecule has 2 atom stereocenters. The van der Waals surface area contributed by atoms with Crippen LogP contribution in [0.5, 0.6) is 0 Å². The van der Waals surface area contributed by atoms with Gasteiger partial charge in [-0.3, -0.25) is 0 Å². The normalized spacial score (nSPS) is 29.6. The van der Waals surface area contributed by atoms with Gasteiger partial charge >= 0.3 is 0 Å². The summed E-state index contributed by atoms with van der Waals surface area (Å²) in [6.07, 6.45) is 6.34. The zero-order valence-electron chi connectivity index (χ0n) is 13.6. The van der Waals surface area contributed by atoms with E-state index in [4.69, 9.17) is 0 Å². The Morgan fingerprint density at radius 1 is 1.14 bits per heavy atom. The third-order valence-electron chi connectivity index (χ3n) is 4.62. The van der Waals surface area contributed by atoms with Gasteiger partial charge in [0.1, 0.15) is 0 Å². The van der Waals surface area contributed by atoms with Crippen LogP contribution >= 0.6 is 0 Å². The van der Waals surface area contributed by atoms with Crippen molar-refractivity contribution in [1.82, 2.24) is 13.9 Å². The van der Waals surface area contributed by atoms with Gasteiger partial charge in [-0.05, 0) is 44.6 Å². The molecule has 0 aromatic rings. The summed E-state index contributed by atoms with van der Waals surface area (Å²) < 4.78 is 29.4. The van der Waals surface area contributed by atoms with Crippen molar-refractivity contribution in [2.75, 3.05) is 32.7 Å². The predicted octanol–water partition coefficient (Wildman–Crippen LogP) is 1.82. The van der Waals surface area contributed by atoms with E-state index in [1.165, 1.54) is 0 Å². The third kappa shape index (κ3) is 4.41. The Labute approximate surface area is 130 Å². The van der Waals surface area contributed by atoms with Gasteiger partial charge < -0.3 is 5.32 Å². The van der Waals surface area contributed by atoms with E-state index in [9.17, 15) is 8.42 Å². The summed E-state index contributed by atoms with van der Waals surface area (Å²) in [6, 6.07) is 0.132. The van der Waals surface area contributed by atoms with Crippen LogP contribution in [-0.4, -0.2) is 55.8 Å².